The minimum absolute atomic E-state index is 0. The molecule has 1 amide bonds. The number of hydrogen-bond donors (Lipinski definition) is 2. The molecule has 0 bridgehead atoms. The summed E-state index contributed by atoms with van der Waals surface area (Å²) in [5.41, 5.74) is 8.67. The van der Waals surface area contributed by atoms with E-state index in [1.807, 2.05) is 233 Å². The SMILES string of the molecule is CC(C)C1CCCN(C(C)C)C1=O.CC(C)c1c[nH]n(C(C)C)c1=O.CC(C)c1ccnn(C(C)C)c1=O.CC(C)c1cn(C)n(C(C)C)c1=O.CC(C)c1cncn(C(C)C)c1=O.CC(C)c1nccn(C(C)C)c1=O.Cc1[nH]n(C(C)C)c(=O)c1C(C)C.Cc1c(C(C)C)c(=O)n(C(C)C)n1C.[W].[W]. The van der Waals surface area contributed by atoms with Crippen molar-refractivity contribution in [1.82, 2.24) is 72.1 Å². The van der Waals surface area contributed by atoms with Crippen molar-refractivity contribution < 1.29 is 46.9 Å². The van der Waals surface area contributed by atoms with Crippen LogP contribution in [-0.4, -0.2) is 90.6 Å². The number of aromatic amines is 2. The smallest absolute Gasteiger partial charge is 0.272 e. The van der Waals surface area contributed by atoms with E-state index in [0.717, 1.165) is 57.7 Å². The maximum atomic E-state index is 12.0. The fourth-order valence-electron chi connectivity index (χ4n) is 12.2. The second kappa shape index (κ2) is 46.8. The Bertz CT molecular complexity index is 3780. The largest absolute Gasteiger partial charge is 0.340 e. The first-order chi connectivity index (χ1) is 48.0. The van der Waals surface area contributed by atoms with E-state index in [1.54, 1.807) is 66.6 Å². The summed E-state index contributed by atoms with van der Waals surface area (Å²) in [4.78, 5) is 105. The van der Waals surface area contributed by atoms with Crippen LogP contribution in [0.2, 0.25) is 0 Å². The predicted octanol–water partition coefficient (Wildman–Crippen LogP) is 16.3. The summed E-state index contributed by atoms with van der Waals surface area (Å²) in [7, 11) is 3.86. The van der Waals surface area contributed by atoms with Crippen LogP contribution in [0.4, 0.5) is 0 Å². The monoisotopic (exact) mass is 1820 g/mol. The number of carbonyl (C=O) groups excluding carboxylic acids is 1. The number of amides is 1. The van der Waals surface area contributed by atoms with Gasteiger partial charge in [0.1, 0.15) is 5.69 Å². The first-order valence-electron chi connectivity index (χ1n) is 38.1. The summed E-state index contributed by atoms with van der Waals surface area (Å²) >= 11 is 0. The summed E-state index contributed by atoms with van der Waals surface area (Å²) in [6.45, 7) is 69.7. The maximum absolute atomic E-state index is 12.0. The van der Waals surface area contributed by atoms with Gasteiger partial charge in [-0.05, 0) is 185 Å². The fourth-order valence-corrected chi connectivity index (χ4v) is 12.2. The molecule has 1 aliphatic rings. The van der Waals surface area contributed by atoms with Crippen molar-refractivity contribution in [2.24, 2.45) is 25.9 Å². The number of piperidine rings is 1. The van der Waals surface area contributed by atoms with Gasteiger partial charge in [0.25, 0.3) is 38.9 Å². The van der Waals surface area contributed by atoms with E-state index >= 15 is 0 Å². The molecule has 8 rings (SSSR count). The number of hydrogen-bond acceptors (Lipinski definition) is 11. The third-order valence-corrected chi connectivity index (χ3v) is 18.1. The molecule has 1 atom stereocenters. The van der Waals surface area contributed by atoms with Gasteiger partial charge in [-0.1, -0.05) is 111 Å². The molecule has 7 aromatic rings. The van der Waals surface area contributed by atoms with Crippen LogP contribution in [0.15, 0.2) is 83.1 Å². The fraction of sp³-hybridized carbons (Fsp3) is 0.691. The van der Waals surface area contributed by atoms with Crippen molar-refractivity contribution in [3.8, 4) is 0 Å². The van der Waals surface area contributed by atoms with E-state index in [1.165, 1.54) is 11.1 Å². The van der Waals surface area contributed by atoms with Crippen molar-refractivity contribution in [3.05, 3.63) is 173 Å². The summed E-state index contributed by atoms with van der Waals surface area (Å²) in [5.74, 6) is 3.04. The van der Waals surface area contributed by atoms with Gasteiger partial charge in [0.05, 0.1) is 12.4 Å². The maximum Gasteiger partial charge on any atom is 0.272 e. The molecule has 1 saturated heterocycles. The van der Waals surface area contributed by atoms with Gasteiger partial charge in [0.15, 0.2) is 0 Å². The number of nitrogens with one attached hydrogen (secondary N) is 2. The van der Waals surface area contributed by atoms with Gasteiger partial charge >= 0.3 is 0 Å². The van der Waals surface area contributed by atoms with E-state index in [-0.39, 0.29) is 147 Å². The molecule has 1 unspecified atom stereocenters. The van der Waals surface area contributed by atoms with Gasteiger partial charge in [-0.25, -0.2) is 19.0 Å². The molecule has 0 spiro atoms. The molecule has 2 N–H and O–H groups in total. The second-order valence-corrected chi connectivity index (χ2v) is 32.2. The second-order valence-electron chi connectivity index (χ2n) is 32.2. The van der Waals surface area contributed by atoms with Crippen LogP contribution in [0.25, 0.3) is 0 Å². The minimum atomic E-state index is 0. The topological polar surface area (TPSA) is 254 Å². The Kier molecular flexibility index (Phi) is 44.8. The van der Waals surface area contributed by atoms with Crippen LogP contribution in [0.3, 0.4) is 0 Å². The molecule has 8 heterocycles. The van der Waals surface area contributed by atoms with Crippen molar-refractivity contribution in [2.75, 3.05) is 6.54 Å². The van der Waals surface area contributed by atoms with Crippen LogP contribution in [0.5, 0.6) is 0 Å². The molecule has 23 nitrogen and oxygen atoms in total. The van der Waals surface area contributed by atoms with Crippen molar-refractivity contribution >= 4 is 5.91 Å². The Morgan fingerprint density at radius 2 is 0.953 bits per heavy atom. The third-order valence-electron chi connectivity index (χ3n) is 18.1. The quantitative estimate of drug-likeness (QED) is 0.0919. The van der Waals surface area contributed by atoms with E-state index < -0.39 is 0 Å². The molecular weight excluding hydrogens is 1680 g/mol. The van der Waals surface area contributed by atoms with Gasteiger partial charge in [0, 0.05) is 199 Å². The van der Waals surface area contributed by atoms with E-state index in [9.17, 15) is 38.4 Å². The normalized spacial score (nSPS) is 12.8. The number of aromatic nitrogens is 14. The van der Waals surface area contributed by atoms with Crippen LogP contribution in [0, 0.1) is 25.7 Å². The van der Waals surface area contributed by atoms with Gasteiger partial charge in [-0.2, -0.15) is 5.10 Å². The Labute approximate surface area is 663 Å². The van der Waals surface area contributed by atoms with Gasteiger partial charge < -0.3 is 14.6 Å². The Morgan fingerprint density at radius 1 is 0.453 bits per heavy atom. The molecule has 7 aromatic heterocycles. The van der Waals surface area contributed by atoms with Crippen LogP contribution in [0.1, 0.15) is 369 Å². The molecule has 106 heavy (non-hydrogen) atoms. The number of nitrogens with zero attached hydrogens (tertiary/aromatic N) is 13. The van der Waals surface area contributed by atoms with Crippen LogP contribution >= 0.6 is 0 Å². The first-order valence-corrected chi connectivity index (χ1v) is 38.1. The van der Waals surface area contributed by atoms with E-state index in [2.05, 4.69) is 66.8 Å². The Hall–Kier alpha value is -6.47. The Balaban J connectivity index is 0. The van der Waals surface area contributed by atoms with E-state index in [0.29, 0.717) is 47.2 Å². The zero-order valence-corrected chi connectivity index (χ0v) is 77.8. The molecule has 600 valence electrons. The van der Waals surface area contributed by atoms with Gasteiger partial charge in [-0.15, -0.1) is 0 Å². The van der Waals surface area contributed by atoms with Gasteiger partial charge in [-0.3, -0.25) is 71.7 Å². The molecule has 0 radical (unpaired) electrons. The summed E-state index contributed by atoms with van der Waals surface area (Å²) in [6, 6.07) is 3.55. The molecular formula is C81H141N15O8W2. The van der Waals surface area contributed by atoms with Gasteiger partial charge in [0.2, 0.25) is 5.91 Å². The standard InChI is InChI=1S/C11H20N2O.C11H21NO.C10H18N2O.3C10H16N2O.C10H18N2O.C9H16N2O.2W/c1-7(2)10-9(5)12(6)13(8(3)4)11(10)14;1-8(2)10-6-5-7-12(9(3)4)11(10)13;1-7(2)9-6-11(5)12(8(3)4)10(9)13;1-7(2)9-5-11-6-12(8(3)4)10(9)13;1-7(2)9-10(13)12(8(3)4)6-5-11-9;1-7(2)9-5-6-11-12(8(3)4)10(9)13;1-6(2)9-8(5)11-12(7(3)4)10(9)13;1-6(2)8-5-10-11(7(3)4)9(8)12;;/h7-8H,1-6H3;8-10H,5-7H2,1-4H3;6-8H,1-5H3;3*5-8H,1-4H3;6-7,11H,1-5H3;5-7,10H,1-4H3;;. The van der Waals surface area contributed by atoms with Crippen LogP contribution in [-0.2, 0) is 61.0 Å². The van der Waals surface area contributed by atoms with E-state index in [4.69, 9.17) is 0 Å². The number of rotatable bonds is 16. The molecule has 0 aliphatic carbocycles. The molecule has 0 aromatic carbocycles. The van der Waals surface area contributed by atoms with Crippen molar-refractivity contribution in [3.63, 3.8) is 0 Å². The van der Waals surface area contributed by atoms with Crippen LogP contribution < -0.4 is 38.9 Å². The number of carbonyl (C=O) groups is 1. The zero-order chi connectivity index (χ0) is 80.7. The average molecular weight is 1820 g/mol. The summed E-state index contributed by atoms with van der Waals surface area (Å²) < 4.78 is 15.7. The zero-order valence-electron chi connectivity index (χ0n) is 72.0. The minimum Gasteiger partial charge on any atom is -0.340 e. The third kappa shape index (κ3) is 28.5. The number of likely N-dealkylation sites (tertiary alicyclic amines) is 1. The summed E-state index contributed by atoms with van der Waals surface area (Å²) in [5, 5.41) is 10.1. The number of aryl methyl sites for hydroxylation is 2. The number of H-pyrrole nitrogens is 2. The Morgan fingerprint density at radius 3 is 1.29 bits per heavy atom. The molecule has 0 saturated carbocycles. The first kappa shape index (κ1) is 102. The van der Waals surface area contributed by atoms with Crippen molar-refractivity contribution in [2.45, 2.75) is 338 Å². The molecule has 1 aliphatic heterocycles. The summed E-state index contributed by atoms with van der Waals surface area (Å²) in [6.07, 6.45) is 14.4. The predicted molar refractivity (Wildman–Crippen MR) is 430 cm³/mol. The molecule has 1 fully saturated rings. The molecule has 25 heteroatoms. The van der Waals surface area contributed by atoms with Crippen molar-refractivity contribution in [1.29, 1.82) is 0 Å². The average Bonchev–Trinajstić information content (AvgIpc) is 1.63.